The molecule has 2 aromatic rings. The fraction of sp³-hybridized carbons (Fsp3) is 0.417. The molecule has 3 unspecified atom stereocenters. The molecular formula is C24H27BrN2O6. The van der Waals surface area contributed by atoms with Crippen molar-refractivity contribution in [2.75, 3.05) is 13.7 Å². The summed E-state index contributed by atoms with van der Waals surface area (Å²) in [7, 11) is 1.19. The van der Waals surface area contributed by atoms with Crippen LogP contribution in [-0.2, 0) is 14.3 Å². The third-order valence-electron chi connectivity index (χ3n) is 6.07. The number of Topliss-reactive ketones (excluding diaryl/α,β-unsaturated/α-hetero) is 1. The summed E-state index contributed by atoms with van der Waals surface area (Å²) in [6.45, 7) is 2.07. The Labute approximate surface area is 200 Å². The highest BCUT2D eigenvalue weighted by molar-refractivity contribution is 9.10. The number of ether oxygens (including phenoxy) is 1. The van der Waals surface area contributed by atoms with Gasteiger partial charge in [0.25, 0.3) is 0 Å². The van der Waals surface area contributed by atoms with E-state index in [0.29, 0.717) is 31.4 Å². The highest BCUT2D eigenvalue weighted by atomic mass is 79.9. The van der Waals surface area contributed by atoms with E-state index in [1.165, 1.54) is 12.0 Å². The normalized spacial score (nSPS) is 17.4. The highest BCUT2D eigenvalue weighted by Crippen LogP contribution is 2.24. The second-order valence-corrected chi connectivity index (χ2v) is 9.20. The van der Waals surface area contributed by atoms with Gasteiger partial charge in [0.1, 0.15) is 12.1 Å². The van der Waals surface area contributed by atoms with Gasteiger partial charge in [-0.2, -0.15) is 0 Å². The molecule has 1 heterocycles. The van der Waals surface area contributed by atoms with Crippen molar-refractivity contribution in [1.29, 1.82) is 0 Å². The van der Waals surface area contributed by atoms with Gasteiger partial charge in [0.15, 0.2) is 5.78 Å². The minimum Gasteiger partial charge on any atom is -0.480 e. The summed E-state index contributed by atoms with van der Waals surface area (Å²) < 4.78 is 5.61. The van der Waals surface area contributed by atoms with Crippen molar-refractivity contribution in [1.82, 2.24) is 10.2 Å². The molecule has 3 atom stereocenters. The van der Waals surface area contributed by atoms with Crippen molar-refractivity contribution < 1.29 is 29.0 Å². The van der Waals surface area contributed by atoms with Crippen LogP contribution in [0.1, 0.15) is 43.0 Å². The number of alkyl carbamates (subject to hydrolysis) is 1. The average molecular weight is 519 g/mol. The quantitative estimate of drug-likeness (QED) is 0.510. The van der Waals surface area contributed by atoms with Crippen molar-refractivity contribution in [3.63, 3.8) is 0 Å². The number of carboxylic acids is 1. The minimum atomic E-state index is -1.07. The SMILES string of the molecule is COC(=O)NC(C(=O)N1CCCC1C(=O)O)C(C)CCC(=O)c1ccc2cc(Br)ccc2c1. The fourth-order valence-corrected chi connectivity index (χ4v) is 4.54. The number of ketones is 1. The topological polar surface area (TPSA) is 113 Å². The number of amides is 2. The summed E-state index contributed by atoms with van der Waals surface area (Å²) in [6.07, 6.45) is 0.691. The molecule has 1 fully saturated rings. The standard InChI is InChI=1S/C24H27BrN2O6/c1-14(5-10-20(28)17-7-6-16-13-18(25)9-8-15(16)12-17)21(26-24(32)33-2)22(29)27-11-3-4-19(27)23(30)31/h6-9,12-14,19,21H,3-5,10-11H2,1-2H3,(H,26,32)(H,30,31). The first-order chi connectivity index (χ1) is 15.7. The third-order valence-corrected chi connectivity index (χ3v) is 6.56. The Balaban J connectivity index is 1.71. The Morgan fingerprint density at radius 2 is 1.88 bits per heavy atom. The Hall–Kier alpha value is -2.94. The zero-order valence-electron chi connectivity index (χ0n) is 18.5. The lowest BCUT2D eigenvalue weighted by Gasteiger charge is -2.30. The predicted octanol–water partition coefficient (Wildman–Crippen LogP) is 4.00. The third kappa shape index (κ3) is 5.90. The van der Waals surface area contributed by atoms with Crippen molar-refractivity contribution in [2.45, 2.75) is 44.7 Å². The molecule has 1 aliphatic heterocycles. The number of rotatable bonds is 8. The molecule has 0 aromatic heterocycles. The van der Waals surface area contributed by atoms with Gasteiger partial charge in [-0.05, 0) is 54.2 Å². The van der Waals surface area contributed by atoms with Gasteiger partial charge in [-0.15, -0.1) is 0 Å². The Bertz CT molecular complexity index is 1070. The number of benzene rings is 2. The fourth-order valence-electron chi connectivity index (χ4n) is 4.16. The van der Waals surface area contributed by atoms with Gasteiger partial charge in [-0.1, -0.05) is 41.1 Å². The summed E-state index contributed by atoms with van der Waals surface area (Å²) in [5.74, 6) is -2.02. The summed E-state index contributed by atoms with van der Waals surface area (Å²) in [5, 5.41) is 13.9. The Morgan fingerprint density at radius 3 is 2.58 bits per heavy atom. The van der Waals surface area contributed by atoms with Crippen molar-refractivity contribution in [2.24, 2.45) is 5.92 Å². The van der Waals surface area contributed by atoms with Gasteiger partial charge >= 0.3 is 12.1 Å². The molecule has 8 nitrogen and oxygen atoms in total. The maximum absolute atomic E-state index is 13.1. The molecule has 176 valence electrons. The molecule has 0 aliphatic carbocycles. The van der Waals surface area contributed by atoms with Gasteiger partial charge < -0.3 is 20.1 Å². The van der Waals surface area contributed by atoms with Crippen LogP contribution >= 0.6 is 15.9 Å². The van der Waals surface area contributed by atoms with Crippen molar-refractivity contribution >= 4 is 50.5 Å². The summed E-state index contributed by atoms with van der Waals surface area (Å²) >= 11 is 3.43. The first-order valence-corrected chi connectivity index (χ1v) is 11.6. The number of nitrogens with one attached hydrogen (secondary N) is 1. The molecular weight excluding hydrogens is 492 g/mol. The molecule has 9 heteroatoms. The molecule has 2 aromatic carbocycles. The number of methoxy groups -OCH3 is 1. The molecule has 0 spiro atoms. The van der Waals surface area contributed by atoms with Crippen molar-refractivity contribution in [3.05, 3.63) is 46.4 Å². The smallest absolute Gasteiger partial charge is 0.407 e. The predicted molar refractivity (Wildman–Crippen MR) is 126 cm³/mol. The number of hydrogen-bond acceptors (Lipinski definition) is 5. The zero-order valence-corrected chi connectivity index (χ0v) is 20.1. The molecule has 0 saturated carbocycles. The lowest BCUT2D eigenvalue weighted by molar-refractivity contribution is -0.149. The number of halogens is 1. The molecule has 1 saturated heterocycles. The van der Waals surface area contributed by atoms with E-state index in [-0.39, 0.29) is 12.2 Å². The van der Waals surface area contributed by atoms with Gasteiger partial charge in [-0.3, -0.25) is 9.59 Å². The number of nitrogens with zero attached hydrogens (tertiary/aromatic N) is 1. The maximum Gasteiger partial charge on any atom is 0.407 e. The number of carbonyl (C=O) groups excluding carboxylic acids is 3. The van der Waals surface area contributed by atoms with Crippen LogP contribution in [0.25, 0.3) is 10.8 Å². The van der Waals surface area contributed by atoms with E-state index in [2.05, 4.69) is 26.0 Å². The molecule has 1 aliphatic rings. The van der Waals surface area contributed by atoms with Crippen LogP contribution in [0.15, 0.2) is 40.9 Å². The van der Waals surface area contributed by atoms with E-state index >= 15 is 0 Å². The Morgan fingerprint density at radius 1 is 1.18 bits per heavy atom. The minimum absolute atomic E-state index is 0.0690. The average Bonchev–Trinajstić information content (AvgIpc) is 3.30. The lowest BCUT2D eigenvalue weighted by atomic mass is 9.92. The van der Waals surface area contributed by atoms with Crippen LogP contribution in [-0.4, -0.2) is 59.5 Å². The van der Waals surface area contributed by atoms with Gasteiger partial charge in [-0.25, -0.2) is 9.59 Å². The summed E-state index contributed by atoms with van der Waals surface area (Å²) in [6, 6.07) is 9.43. The monoisotopic (exact) mass is 518 g/mol. The maximum atomic E-state index is 13.1. The van der Waals surface area contributed by atoms with E-state index in [0.717, 1.165) is 15.2 Å². The molecule has 3 rings (SSSR count). The summed E-state index contributed by atoms with van der Waals surface area (Å²) in [4.78, 5) is 50.7. The van der Waals surface area contributed by atoms with Crippen LogP contribution in [0.2, 0.25) is 0 Å². The number of aliphatic carboxylic acids is 1. The lowest BCUT2D eigenvalue weighted by Crippen LogP contribution is -2.54. The van der Waals surface area contributed by atoms with Crippen LogP contribution in [0.4, 0.5) is 4.79 Å². The van der Waals surface area contributed by atoms with E-state index in [9.17, 15) is 24.3 Å². The molecule has 0 radical (unpaired) electrons. The molecule has 2 N–H and O–H groups in total. The number of carbonyl (C=O) groups is 4. The second-order valence-electron chi connectivity index (χ2n) is 8.29. The largest absolute Gasteiger partial charge is 0.480 e. The van der Waals surface area contributed by atoms with E-state index in [1.807, 2.05) is 30.3 Å². The van der Waals surface area contributed by atoms with Gasteiger partial charge in [0, 0.05) is 23.0 Å². The number of hydrogen-bond donors (Lipinski definition) is 2. The second kappa shape index (κ2) is 10.8. The van der Waals surface area contributed by atoms with E-state index in [4.69, 9.17) is 0 Å². The number of likely N-dealkylation sites (tertiary alicyclic amines) is 1. The van der Waals surface area contributed by atoms with Crippen molar-refractivity contribution in [3.8, 4) is 0 Å². The highest BCUT2D eigenvalue weighted by Gasteiger charge is 2.39. The van der Waals surface area contributed by atoms with Crippen LogP contribution in [0, 0.1) is 5.92 Å². The van der Waals surface area contributed by atoms with E-state index in [1.54, 1.807) is 13.0 Å². The van der Waals surface area contributed by atoms with Crippen LogP contribution in [0.5, 0.6) is 0 Å². The number of fused-ring (bicyclic) bond motifs is 1. The number of carboxylic acid groups (broad SMARTS) is 1. The molecule has 2 amide bonds. The first kappa shape index (κ1) is 24.7. The van der Waals surface area contributed by atoms with Gasteiger partial charge in [0.2, 0.25) is 5.91 Å². The Kier molecular flexibility index (Phi) is 8.07. The zero-order chi connectivity index (χ0) is 24.1. The molecule has 0 bridgehead atoms. The van der Waals surface area contributed by atoms with Crippen LogP contribution < -0.4 is 5.32 Å². The molecule has 33 heavy (non-hydrogen) atoms. The van der Waals surface area contributed by atoms with E-state index < -0.39 is 36.0 Å². The van der Waals surface area contributed by atoms with Gasteiger partial charge in [0.05, 0.1) is 7.11 Å². The first-order valence-electron chi connectivity index (χ1n) is 10.8. The summed E-state index contributed by atoms with van der Waals surface area (Å²) in [5.41, 5.74) is 0.575. The van der Waals surface area contributed by atoms with Crippen LogP contribution in [0.3, 0.4) is 0 Å².